The van der Waals surface area contributed by atoms with Gasteiger partial charge in [-0.1, -0.05) is 0 Å². The van der Waals surface area contributed by atoms with Crippen molar-refractivity contribution < 1.29 is 50.7 Å². The lowest BCUT2D eigenvalue weighted by Crippen LogP contribution is -2.73. The van der Waals surface area contributed by atoms with Gasteiger partial charge >= 0.3 is 29.1 Å². The number of nitrogens with zero attached hydrogens (tertiary/aromatic N) is 2. The average Bonchev–Trinajstić information content (AvgIpc) is 2.86. The van der Waals surface area contributed by atoms with Crippen LogP contribution in [-0.4, -0.2) is 88.8 Å². The van der Waals surface area contributed by atoms with Gasteiger partial charge < -0.3 is 51.7 Å². The van der Waals surface area contributed by atoms with E-state index in [0.717, 1.165) is 0 Å². The molecule has 0 aliphatic carbocycles. The summed E-state index contributed by atoms with van der Waals surface area (Å²) in [5.41, 5.74) is 0.923. The van der Waals surface area contributed by atoms with Gasteiger partial charge in [0, 0.05) is 0 Å². The molecule has 1 aliphatic rings. The highest BCUT2D eigenvalue weighted by molar-refractivity contribution is 5.70. The largest absolute Gasteiger partial charge is 0.369 e. The van der Waals surface area contributed by atoms with Crippen molar-refractivity contribution >= 4 is 17.1 Å². The first kappa shape index (κ1) is 19.3. The van der Waals surface area contributed by atoms with E-state index in [-0.39, 0.29) is 4.57 Å². The molecule has 0 aromatic carbocycles. The van der Waals surface area contributed by atoms with Crippen LogP contribution in [0.4, 0.5) is 5.95 Å². The van der Waals surface area contributed by atoms with Crippen LogP contribution in [0.15, 0.2) is 9.59 Å². The minimum atomic E-state index is -4.65. The SMILES string of the molecule is Nc1nc2c([nH]c(=O)n2[C@]2(O)O[C@](O)(C(O)(O)O)C(O)(O)C2(O)O)c(=O)[nH]1. The van der Waals surface area contributed by atoms with Crippen molar-refractivity contribution in [3.8, 4) is 0 Å². The monoisotopic (exact) mass is 395 g/mol. The number of nitrogen functional groups attached to an aromatic ring is 1. The van der Waals surface area contributed by atoms with Gasteiger partial charge in [0.15, 0.2) is 11.2 Å². The molecule has 27 heavy (non-hydrogen) atoms. The summed E-state index contributed by atoms with van der Waals surface area (Å²) in [5.74, 6) is -23.2. The number of rotatable bonds is 2. The lowest BCUT2D eigenvalue weighted by molar-refractivity contribution is -0.516. The molecule has 150 valence electrons. The van der Waals surface area contributed by atoms with Crippen molar-refractivity contribution in [2.45, 2.75) is 29.2 Å². The molecule has 3 rings (SSSR count). The van der Waals surface area contributed by atoms with Crippen LogP contribution in [0.3, 0.4) is 0 Å². The number of aromatic amines is 2. The Bertz CT molecular complexity index is 1050. The van der Waals surface area contributed by atoms with Crippen molar-refractivity contribution in [2.24, 2.45) is 0 Å². The fourth-order valence-corrected chi connectivity index (χ4v) is 2.61. The molecule has 13 N–H and O–H groups in total. The third kappa shape index (κ3) is 2.02. The Morgan fingerprint density at radius 3 is 2.04 bits per heavy atom. The maximum Gasteiger partial charge on any atom is 0.339 e. The zero-order chi connectivity index (χ0) is 20.8. The summed E-state index contributed by atoms with van der Waals surface area (Å²) in [6.07, 6.45) is 0. The minimum Gasteiger partial charge on any atom is -0.369 e. The van der Waals surface area contributed by atoms with E-state index in [4.69, 9.17) is 21.1 Å². The molecular weight excluding hydrogens is 382 g/mol. The topological polar surface area (TPSA) is 301 Å². The molecule has 0 spiro atoms. The Labute approximate surface area is 144 Å². The molecule has 1 fully saturated rings. The molecule has 0 saturated carbocycles. The molecule has 17 nitrogen and oxygen atoms in total. The second-order valence-corrected chi connectivity index (χ2v) is 5.75. The summed E-state index contributed by atoms with van der Waals surface area (Å²) in [6.45, 7) is 0. The van der Waals surface area contributed by atoms with E-state index >= 15 is 0 Å². The zero-order valence-corrected chi connectivity index (χ0v) is 12.7. The van der Waals surface area contributed by atoms with Crippen LogP contribution in [-0.2, 0) is 10.6 Å². The lowest BCUT2D eigenvalue weighted by Gasteiger charge is -2.38. The number of ether oxygens (including phenoxy) is 1. The van der Waals surface area contributed by atoms with Gasteiger partial charge in [-0.05, 0) is 0 Å². The molecular formula is C10H13N5O12. The number of anilines is 1. The summed E-state index contributed by atoms with van der Waals surface area (Å²) in [6, 6.07) is 0. The second-order valence-electron chi connectivity index (χ2n) is 5.75. The van der Waals surface area contributed by atoms with Crippen LogP contribution in [0.25, 0.3) is 11.2 Å². The molecule has 0 amide bonds. The summed E-state index contributed by atoms with van der Waals surface area (Å²) >= 11 is 0. The Balaban J connectivity index is 2.42. The molecule has 3 heterocycles. The fraction of sp³-hybridized carbons (Fsp3) is 0.500. The highest BCUT2D eigenvalue weighted by atomic mass is 16.9. The van der Waals surface area contributed by atoms with Crippen LogP contribution in [0.1, 0.15) is 0 Å². The van der Waals surface area contributed by atoms with E-state index in [1.165, 1.54) is 0 Å². The third-order valence-electron chi connectivity index (χ3n) is 4.03. The predicted octanol–water partition coefficient (Wildman–Crippen LogP) is -7.69. The van der Waals surface area contributed by atoms with E-state index in [1.54, 1.807) is 4.98 Å². The number of H-pyrrole nitrogens is 2. The van der Waals surface area contributed by atoms with E-state index in [9.17, 15) is 40.2 Å². The van der Waals surface area contributed by atoms with Crippen molar-refractivity contribution in [3.05, 3.63) is 20.8 Å². The molecule has 2 aromatic heterocycles. The Kier molecular flexibility index (Phi) is 3.49. The zero-order valence-electron chi connectivity index (χ0n) is 12.7. The Hall–Kier alpha value is -2.45. The van der Waals surface area contributed by atoms with Crippen LogP contribution >= 0.6 is 0 Å². The van der Waals surface area contributed by atoms with Crippen LogP contribution in [0.5, 0.6) is 0 Å². The number of nitrogens with two attached hydrogens (primary N) is 1. The average molecular weight is 395 g/mol. The first-order valence-electron chi connectivity index (χ1n) is 6.74. The highest BCUT2D eigenvalue weighted by Crippen LogP contribution is 2.52. The molecule has 17 heteroatoms. The summed E-state index contributed by atoms with van der Waals surface area (Å²) in [7, 11) is 0. The van der Waals surface area contributed by atoms with E-state index in [1.807, 2.05) is 4.98 Å². The summed E-state index contributed by atoms with van der Waals surface area (Å²) < 4.78 is 3.85. The Morgan fingerprint density at radius 2 is 1.56 bits per heavy atom. The van der Waals surface area contributed by atoms with Gasteiger partial charge in [-0.3, -0.25) is 19.5 Å². The fourth-order valence-electron chi connectivity index (χ4n) is 2.61. The maximum atomic E-state index is 12.1. The van der Waals surface area contributed by atoms with Crippen molar-refractivity contribution in [1.29, 1.82) is 0 Å². The number of aliphatic hydroxyl groups is 9. The Morgan fingerprint density at radius 1 is 1.00 bits per heavy atom. The standard InChI is InChI=1S/C10H13N5O12/c11-4-13-2-1(3(16)14-4)12-5(17)15(2)9(23)7(20,21)6(18,19)8(22,27-9)10(24,25)26/h18-26H,(H,12,17)(H3,11,13,14,16)/t8-,9+/m0/s1. The number of hydrogen-bond acceptors (Lipinski definition) is 14. The van der Waals surface area contributed by atoms with Crippen molar-refractivity contribution in [2.75, 3.05) is 5.73 Å². The van der Waals surface area contributed by atoms with Gasteiger partial charge in [-0.2, -0.15) is 4.98 Å². The van der Waals surface area contributed by atoms with Gasteiger partial charge in [-0.25, -0.2) is 9.36 Å². The predicted molar refractivity (Wildman–Crippen MR) is 75.3 cm³/mol. The van der Waals surface area contributed by atoms with Crippen molar-refractivity contribution in [3.63, 3.8) is 0 Å². The summed E-state index contributed by atoms with van der Waals surface area (Å²) in [4.78, 5) is 31.1. The van der Waals surface area contributed by atoms with Crippen LogP contribution in [0.2, 0.25) is 0 Å². The van der Waals surface area contributed by atoms with Crippen LogP contribution in [0, 0.1) is 0 Å². The van der Waals surface area contributed by atoms with E-state index in [0.29, 0.717) is 0 Å². The maximum absolute atomic E-state index is 12.1. The van der Waals surface area contributed by atoms with Gasteiger partial charge in [0.05, 0.1) is 0 Å². The number of aromatic nitrogens is 4. The molecule has 2 aromatic rings. The van der Waals surface area contributed by atoms with Gasteiger partial charge in [0.25, 0.3) is 11.3 Å². The second kappa shape index (κ2) is 4.88. The van der Waals surface area contributed by atoms with E-state index < -0.39 is 57.6 Å². The molecule has 0 bridgehead atoms. The molecule has 1 saturated heterocycles. The highest BCUT2D eigenvalue weighted by Gasteiger charge is 2.87. The normalized spacial score (nSPS) is 30.1. The molecule has 1 aliphatic heterocycles. The number of hydrogen-bond donors (Lipinski definition) is 12. The summed E-state index contributed by atoms with van der Waals surface area (Å²) in [5, 5.41) is 87.4. The quantitative estimate of drug-likeness (QED) is 0.210. The number of nitrogens with one attached hydrogen (secondary N) is 2. The first-order valence-corrected chi connectivity index (χ1v) is 6.74. The molecule has 0 unspecified atom stereocenters. The molecule has 2 atom stereocenters. The smallest absolute Gasteiger partial charge is 0.339 e. The first-order chi connectivity index (χ1) is 12.0. The molecule has 0 radical (unpaired) electrons. The third-order valence-corrected chi connectivity index (χ3v) is 4.03. The van der Waals surface area contributed by atoms with Crippen molar-refractivity contribution in [1.82, 2.24) is 19.5 Å². The van der Waals surface area contributed by atoms with Gasteiger partial charge in [0.2, 0.25) is 5.95 Å². The van der Waals surface area contributed by atoms with Gasteiger partial charge in [0.1, 0.15) is 0 Å². The van der Waals surface area contributed by atoms with E-state index in [2.05, 4.69) is 9.72 Å². The lowest BCUT2D eigenvalue weighted by atomic mass is 9.96. The van der Waals surface area contributed by atoms with Crippen LogP contribution < -0.4 is 17.0 Å². The minimum absolute atomic E-state index is 0.307. The number of imidazole rings is 1. The van der Waals surface area contributed by atoms with Gasteiger partial charge in [-0.15, -0.1) is 0 Å². The number of fused-ring (bicyclic) bond motifs is 1.